The van der Waals surface area contributed by atoms with Gasteiger partial charge in [0.1, 0.15) is 0 Å². The molecule has 0 N–H and O–H groups in total. The fourth-order valence-corrected chi connectivity index (χ4v) is 2.99. The van der Waals surface area contributed by atoms with Crippen LogP contribution in [0.25, 0.3) is 0 Å². The zero-order valence-electron chi connectivity index (χ0n) is 12.5. The second-order valence-corrected chi connectivity index (χ2v) is 6.82. The molecule has 1 fully saturated rings. The van der Waals surface area contributed by atoms with Gasteiger partial charge in [-0.2, -0.15) is 12.6 Å². The highest BCUT2D eigenvalue weighted by molar-refractivity contribution is 7.80. The van der Waals surface area contributed by atoms with Crippen LogP contribution in [0.15, 0.2) is 24.3 Å². The van der Waals surface area contributed by atoms with Crippen LogP contribution in [0.4, 0.5) is 0 Å². The van der Waals surface area contributed by atoms with Crippen molar-refractivity contribution in [2.75, 3.05) is 25.9 Å². The Balaban J connectivity index is 2.00. The molecule has 1 saturated carbocycles. The van der Waals surface area contributed by atoms with Crippen molar-refractivity contribution < 1.29 is 0 Å². The summed E-state index contributed by atoms with van der Waals surface area (Å²) in [4.78, 5) is 2.47. The lowest BCUT2D eigenvalue weighted by Gasteiger charge is -2.24. The van der Waals surface area contributed by atoms with Crippen LogP contribution in [0, 0.1) is 0 Å². The normalized spacial score (nSPS) is 17.2. The van der Waals surface area contributed by atoms with Gasteiger partial charge in [0.05, 0.1) is 0 Å². The SMILES string of the molecule is CC(C)c1ccc(C2(CN(C)CCCS)CC2)cc1. The van der Waals surface area contributed by atoms with Gasteiger partial charge in [-0.1, -0.05) is 38.1 Å². The van der Waals surface area contributed by atoms with Gasteiger partial charge in [0, 0.05) is 12.0 Å². The Bertz CT molecular complexity index is 392. The van der Waals surface area contributed by atoms with E-state index in [4.69, 9.17) is 0 Å². The molecule has 1 nitrogen and oxygen atoms in total. The van der Waals surface area contributed by atoms with Gasteiger partial charge in [-0.15, -0.1) is 0 Å². The van der Waals surface area contributed by atoms with E-state index < -0.39 is 0 Å². The number of thiol groups is 1. The molecule has 19 heavy (non-hydrogen) atoms. The molecule has 0 radical (unpaired) electrons. The molecule has 2 rings (SSSR count). The summed E-state index contributed by atoms with van der Waals surface area (Å²) in [5, 5.41) is 0. The third-order valence-corrected chi connectivity index (χ3v) is 4.63. The van der Waals surface area contributed by atoms with Crippen LogP contribution in [-0.4, -0.2) is 30.8 Å². The van der Waals surface area contributed by atoms with Crippen molar-refractivity contribution in [3.8, 4) is 0 Å². The van der Waals surface area contributed by atoms with Crippen LogP contribution in [0.3, 0.4) is 0 Å². The second-order valence-electron chi connectivity index (χ2n) is 6.37. The van der Waals surface area contributed by atoms with Crippen molar-refractivity contribution in [1.82, 2.24) is 4.90 Å². The monoisotopic (exact) mass is 277 g/mol. The fourth-order valence-electron chi connectivity index (χ4n) is 2.85. The first-order chi connectivity index (χ1) is 9.07. The standard InChI is InChI=1S/C17H27NS/c1-14(2)15-5-7-16(8-6-15)17(9-10-17)13-18(3)11-4-12-19/h5-8,14,19H,4,9-13H2,1-3H3. The van der Waals surface area contributed by atoms with E-state index in [-0.39, 0.29) is 0 Å². The maximum absolute atomic E-state index is 4.30. The molecule has 0 aliphatic heterocycles. The molecular weight excluding hydrogens is 250 g/mol. The quantitative estimate of drug-likeness (QED) is 0.735. The van der Waals surface area contributed by atoms with Gasteiger partial charge in [-0.05, 0) is 55.7 Å². The summed E-state index contributed by atoms with van der Waals surface area (Å²) >= 11 is 4.30. The average Bonchev–Trinajstić information content (AvgIpc) is 3.17. The van der Waals surface area contributed by atoms with E-state index in [0.717, 1.165) is 12.3 Å². The minimum absolute atomic E-state index is 0.445. The third kappa shape index (κ3) is 3.76. The van der Waals surface area contributed by atoms with Crippen molar-refractivity contribution in [2.45, 2.75) is 44.4 Å². The van der Waals surface area contributed by atoms with E-state index in [0.29, 0.717) is 11.3 Å². The van der Waals surface area contributed by atoms with Gasteiger partial charge >= 0.3 is 0 Å². The number of nitrogens with zero attached hydrogens (tertiary/aromatic N) is 1. The summed E-state index contributed by atoms with van der Waals surface area (Å²) in [7, 11) is 2.24. The zero-order chi connectivity index (χ0) is 13.9. The Morgan fingerprint density at radius 3 is 2.32 bits per heavy atom. The molecule has 1 aromatic rings. The summed E-state index contributed by atoms with van der Waals surface area (Å²) in [6.45, 7) is 6.87. The molecule has 0 amide bonds. The largest absolute Gasteiger partial charge is 0.305 e. The molecule has 0 saturated heterocycles. The maximum Gasteiger partial charge on any atom is 0.00808 e. The van der Waals surface area contributed by atoms with Crippen molar-refractivity contribution in [3.63, 3.8) is 0 Å². The van der Waals surface area contributed by atoms with Crippen LogP contribution in [0.1, 0.15) is 50.2 Å². The summed E-state index contributed by atoms with van der Waals surface area (Å²) in [6, 6.07) is 9.34. The number of hydrogen-bond acceptors (Lipinski definition) is 2. The predicted molar refractivity (Wildman–Crippen MR) is 87.4 cm³/mol. The number of benzene rings is 1. The van der Waals surface area contributed by atoms with Gasteiger partial charge in [-0.3, -0.25) is 0 Å². The highest BCUT2D eigenvalue weighted by atomic mass is 32.1. The van der Waals surface area contributed by atoms with Crippen LogP contribution in [0.2, 0.25) is 0 Å². The molecule has 0 spiro atoms. The Hall–Kier alpha value is -0.470. The lowest BCUT2D eigenvalue weighted by atomic mass is 9.92. The Labute approximate surface area is 123 Å². The lowest BCUT2D eigenvalue weighted by Crippen LogP contribution is -2.30. The van der Waals surface area contributed by atoms with E-state index in [2.05, 4.69) is 62.7 Å². The topological polar surface area (TPSA) is 3.24 Å². The van der Waals surface area contributed by atoms with Gasteiger partial charge in [0.25, 0.3) is 0 Å². The predicted octanol–water partition coefficient (Wildman–Crippen LogP) is 4.09. The summed E-state index contributed by atoms with van der Waals surface area (Å²) in [5.74, 6) is 1.61. The Morgan fingerprint density at radius 2 is 1.84 bits per heavy atom. The van der Waals surface area contributed by atoms with E-state index in [1.54, 1.807) is 0 Å². The van der Waals surface area contributed by atoms with E-state index in [1.165, 1.54) is 36.9 Å². The van der Waals surface area contributed by atoms with Gasteiger partial charge in [-0.25, -0.2) is 0 Å². The van der Waals surface area contributed by atoms with E-state index in [1.807, 2.05) is 0 Å². The first-order valence-electron chi connectivity index (χ1n) is 7.47. The molecule has 0 atom stereocenters. The minimum Gasteiger partial charge on any atom is -0.305 e. The first kappa shape index (κ1) is 14.9. The molecule has 0 aromatic heterocycles. The Kier molecular flexibility index (Phi) is 4.97. The molecule has 0 heterocycles. The molecular formula is C17H27NS. The van der Waals surface area contributed by atoms with Crippen molar-refractivity contribution in [1.29, 1.82) is 0 Å². The number of rotatable bonds is 7. The highest BCUT2D eigenvalue weighted by Gasteiger charge is 2.44. The smallest absolute Gasteiger partial charge is 0.00808 e. The average molecular weight is 277 g/mol. The molecule has 106 valence electrons. The fraction of sp³-hybridized carbons (Fsp3) is 0.647. The first-order valence-corrected chi connectivity index (χ1v) is 8.10. The molecule has 0 unspecified atom stereocenters. The highest BCUT2D eigenvalue weighted by Crippen LogP contribution is 2.48. The van der Waals surface area contributed by atoms with Crippen molar-refractivity contribution in [2.24, 2.45) is 0 Å². The van der Waals surface area contributed by atoms with Crippen LogP contribution in [-0.2, 0) is 5.41 Å². The maximum atomic E-state index is 4.30. The van der Waals surface area contributed by atoms with E-state index in [9.17, 15) is 0 Å². The molecule has 2 heteroatoms. The lowest BCUT2D eigenvalue weighted by molar-refractivity contribution is 0.303. The van der Waals surface area contributed by atoms with Crippen molar-refractivity contribution in [3.05, 3.63) is 35.4 Å². The van der Waals surface area contributed by atoms with Crippen molar-refractivity contribution >= 4 is 12.6 Å². The molecule has 1 aliphatic carbocycles. The second kappa shape index (κ2) is 6.32. The summed E-state index contributed by atoms with van der Waals surface area (Å²) < 4.78 is 0. The van der Waals surface area contributed by atoms with Crippen LogP contribution in [0.5, 0.6) is 0 Å². The number of likely N-dealkylation sites (N-methyl/N-ethyl adjacent to an activating group) is 1. The van der Waals surface area contributed by atoms with Gasteiger partial charge < -0.3 is 4.90 Å². The third-order valence-electron chi connectivity index (χ3n) is 4.31. The molecule has 0 bridgehead atoms. The van der Waals surface area contributed by atoms with Crippen LogP contribution >= 0.6 is 12.6 Å². The number of hydrogen-bond donors (Lipinski definition) is 1. The minimum atomic E-state index is 0.445. The summed E-state index contributed by atoms with van der Waals surface area (Å²) in [5.41, 5.74) is 3.43. The zero-order valence-corrected chi connectivity index (χ0v) is 13.4. The van der Waals surface area contributed by atoms with Crippen LogP contribution < -0.4 is 0 Å². The summed E-state index contributed by atoms with van der Waals surface area (Å²) in [6.07, 6.45) is 3.88. The molecule has 1 aliphatic rings. The Morgan fingerprint density at radius 1 is 1.21 bits per heavy atom. The molecule has 1 aromatic carbocycles. The van der Waals surface area contributed by atoms with E-state index >= 15 is 0 Å². The van der Waals surface area contributed by atoms with Gasteiger partial charge in [0.15, 0.2) is 0 Å². The van der Waals surface area contributed by atoms with Gasteiger partial charge in [0.2, 0.25) is 0 Å².